The fourth-order valence-electron chi connectivity index (χ4n) is 3.09. The predicted molar refractivity (Wildman–Crippen MR) is 109 cm³/mol. The van der Waals surface area contributed by atoms with Crippen molar-refractivity contribution in [3.05, 3.63) is 58.4 Å². The highest BCUT2D eigenvalue weighted by Gasteiger charge is 2.11. The van der Waals surface area contributed by atoms with Gasteiger partial charge in [0.1, 0.15) is 0 Å². The van der Waals surface area contributed by atoms with Crippen LogP contribution in [0, 0.1) is 0 Å². The Balaban J connectivity index is 0.000000146. The number of benzene rings is 1. The van der Waals surface area contributed by atoms with Gasteiger partial charge in [-0.2, -0.15) is 0 Å². The van der Waals surface area contributed by atoms with Gasteiger partial charge >= 0.3 is 0 Å². The van der Waals surface area contributed by atoms with Crippen LogP contribution in [0.25, 0.3) is 10.2 Å². The zero-order chi connectivity index (χ0) is 17.8. The SMILES string of the molecule is CC(C)c1cc2c(cn1)CCCC2.CC(C)c1nc2ccccc2s1. The van der Waals surface area contributed by atoms with Crippen molar-refractivity contribution in [3.63, 3.8) is 0 Å². The molecule has 0 radical (unpaired) electrons. The summed E-state index contributed by atoms with van der Waals surface area (Å²) in [5.74, 6) is 1.11. The van der Waals surface area contributed by atoms with Crippen molar-refractivity contribution in [1.82, 2.24) is 9.97 Å². The molecular formula is C22H28N2S. The standard InChI is InChI=1S/C12H17N.C10H11NS/c1-9(2)12-7-10-5-3-4-6-11(10)8-13-12;1-7(2)10-11-8-5-3-4-6-9(8)12-10/h7-9H,3-6H2,1-2H3;3-7H,1-2H3. The Morgan fingerprint density at radius 2 is 1.64 bits per heavy atom. The van der Waals surface area contributed by atoms with E-state index in [-0.39, 0.29) is 0 Å². The Morgan fingerprint density at radius 1 is 0.920 bits per heavy atom. The summed E-state index contributed by atoms with van der Waals surface area (Å²) >= 11 is 1.79. The number of fused-ring (bicyclic) bond motifs is 2. The van der Waals surface area contributed by atoms with Gasteiger partial charge in [0.25, 0.3) is 0 Å². The van der Waals surface area contributed by atoms with Gasteiger partial charge in [-0.3, -0.25) is 4.98 Å². The fraction of sp³-hybridized carbons (Fsp3) is 0.455. The molecule has 0 unspecified atom stereocenters. The third kappa shape index (κ3) is 4.46. The molecule has 0 spiro atoms. The molecule has 0 bridgehead atoms. The molecule has 132 valence electrons. The van der Waals surface area contributed by atoms with Crippen molar-refractivity contribution in [2.24, 2.45) is 0 Å². The first kappa shape index (κ1) is 18.1. The maximum Gasteiger partial charge on any atom is 0.0963 e. The molecule has 0 aliphatic heterocycles. The summed E-state index contributed by atoms with van der Waals surface area (Å²) in [6.07, 6.45) is 7.28. The molecule has 25 heavy (non-hydrogen) atoms. The number of aromatic nitrogens is 2. The van der Waals surface area contributed by atoms with Gasteiger partial charge in [0.15, 0.2) is 0 Å². The summed E-state index contributed by atoms with van der Waals surface area (Å²) in [7, 11) is 0. The number of thiazole rings is 1. The van der Waals surface area contributed by atoms with Crippen LogP contribution >= 0.6 is 11.3 Å². The van der Waals surface area contributed by atoms with Gasteiger partial charge in [-0.15, -0.1) is 11.3 Å². The summed E-state index contributed by atoms with van der Waals surface area (Å²) < 4.78 is 1.29. The lowest BCUT2D eigenvalue weighted by Gasteiger charge is -2.16. The van der Waals surface area contributed by atoms with Gasteiger partial charge in [0.05, 0.1) is 15.2 Å². The van der Waals surface area contributed by atoms with Crippen LogP contribution < -0.4 is 0 Å². The highest BCUT2D eigenvalue weighted by Crippen LogP contribution is 2.26. The van der Waals surface area contributed by atoms with Crippen molar-refractivity contribution in [1.29, 1.82) is 0 Å². The van der Waals surface area contributed by atoms with Crippen molar-refractivity contribution < 1.29 is 0 Å². The van der Waals surface area contributed by atoms with E-state index in [9.17, 15) is 0 Å². The largest absolute Gasteiger partial charge is 0.261 e. The zero-order valence-corrected chi connectivity index (χ0v) is 16.6. The second-order valence-electron chi connectivity index (χ2n) is 7.41. The van der Waals surface area contributed by atoms with Crippen LogP contribution in [0.3, 0.4) is 0 Å². The highest BCUT2D eigenvalue weighted by atomic mass is 32.1. The van der Waals surface area contributed by atoms with Crippen LogP contribution in [-0.4, -0.2) is 9.97 Å². The predicted octanol–water partition coefficient (Wildman–Crippen LogP) is 6.50. The topological polar surface area (TPSA) is 25.8 Å². The van der Waals surface area contributed by atoms with E-state index in [1.54, 1.807) is 16.9 Å². The van der Waals surface area contributed by atoms with E-state index < -0.39 is 0 Å². The summed E-state index contributed by atoms with van der Waals surface area (Å²) in [4.78, 5) is 9.02. The van der Waals surface area contributed by atoms with E-state index in [0.29, 0.717) is 11.8 Å². The van der Waals surface area contributed by atoms with Crippen molar-refractivity contribution >= 4 is 21.6 Å². The molecule has 1 aromatic carbocycles. The molecule has 0 N–H and O–H groups in total. The molecule has 4 rings (SSSR count). The van der Waals surface area contributed by atoms with E-state index in [0.717, 1.165) is 5.52 Å². The molecule has 0 atom stereocenters. The second-order valence-corrected chi connectivity index (χ2v) is 8.48. The van der Waals surface area contributed by atoms with E-state index in [2.05, 4.69) is 68.1 Å². The van der Waals surface area contributed by atoms with E-state index in [4.69, 9.17) is 0 Å². The molecule has 2 aromatic heterocycles. The molecule has 2 heterocycles. The minimum atomic E-state index is 0.544. The van der Waals surface area contributed by atoms with Crippen LogP contribution in [-0.2, 0) is 12.8 Å². The average molecular weight is 353 g/mol. The number of rotatable bonds is 2. The third-order valence-corrected chi connectivity index (χ3v) is 5.98. The molecule has 2 nitrogen and oxygen atoms in total. The molecule has 0 saturated carbocycles. The van der Waals surface area contributed by atoms with Gasteiger partial charge < -0.3 is 0 Å². The van der Waals surface area contributed by atoms with Crippen LogP contribution in [0.2, 0.25) is 0 Å². The van der Waals surface area contributed by atoms with Gasteiger partial charge in [-0.05, 0) is 60.9 Å². The smallest absolute Gasteiger partial charge is 0.0963 e. The molecule has 0 saturated heterocycles. The normalized spacial score (nSPS) is 13.7. The Hall–Kier alpha value is -1.74. The maximum absolute atomic E-state index is 4.53. The first-order valence-corrected chi connectivity index (χ1v) is 10.2. The number of nitrogens with zero attached hydrogens (tertiary/aromatic N) is 2. The van der Waals surface area contributed by atoms with Crippen LogP contribution in [0.5, 0.6) is 0 Å². The minimum Gasteiger partial charge on any atom is -0.261 e. The monoisotopic (exact) mass is 352 g/mol. The lowest BCUT2D eigenvalue weighted by Crippen LogP contribution is -2.05. The number of para-hydroxylation sites is 1. The zero-order valence-electron chi connectivity index (χ0n) is 15.7. The Labute approximate surface area is 155 Å². The molecule has 0 amide bonds. The summed E-state index contributed by atoms with van der Waals surface area (Å²) in [5.41, 5.74) is 5.41. The third-order valence-electron chi connectivity index (χ3n) is 4.64. The van der Waals surface area contributed by atoms with Crippen LogP contribution in [0.1, 0.15) is 74.2 Å². The lowest BCUT2D eigenvalue weighted by molar-refractivity contribution is 0.675. The van der Waals surface area contributed by atoms with E-state index >= 15 is 0 Å². The van der Waals surface area contributed by atoms with Gasteiger partial charge in [0.2, 0.25) is 0 Å². The summed E-state index contributed by atoms with van der Waals surface area (Å²) in [6.45, 7) is 8.77. The van der Waals surface area contributed by atoms with Crippen molar-refractivity contribution in [2.45, 2.75) is 65.2 Å². The quantitative estimate of drug-likeness (QED) is 0.526. The number of pyridine rings is 1. The summed E-state index contributed by atoms with van der Waals surface area (Å²) in [5, 5.41) is 1.23. The number of aryl methyl sites for hydroxylation is 2. The van der Waals surface area contributed by atoms with Gasteiger partial charge in [-0.25, -0.2) is 4.98 Å². The summed E-state index contributed by atoms with van der Waals surface area (Å²) in [6, 6.07) is 10.6. The number of hydrogen-bond donors (Lipinski definition) is 0. The number of hydrogen-bond acceptors (Lipinski definition) is 3. The van der Waals surface area contributed by atoms with Gasteiger partial charge in [0, 0.05) is 17.8 Å². The molecular weight excluding hydrogens is 324 g/mol. The molecule has 3 aromatic rings. The highest BCUT2D eigenvalue weighted by molar-refractivity contribution is 7.18. The first-order chi connectivity index (χ1) is 12.0. The second kappa shape index (κ2) is 8.09. The Kier molecular flexibility index (Phi) is 5.85. The lowest BCUT2D eigenvalue weighted by atomic mass is 9.92. The van der Waals surface area contributed by atoms with Crippen LogP contribution in [0.15, 0.2) is 36.5 Å². The Morgan fingerprint density at radius 3 is 2.32 bits per heavy atom. The average Bonchev–Trinajstić information content (AvgIpc) is 3.06. The Bertz CT molecular complexity index is 800. The van der Waals surface area contributed by atoms with E-state index in [1.807, 2.05) is 6.07 Å². The maximum atomic E-state index is 4.53. The molecule has 3 heteroatoms. The minimum absolute atomic E-state index is 0.544. The molecule has 0 fully saturated rings. The molecule has 1 aliphatic carbocycles. The molecule has 1 aliphatic rings. The van der Waals surface area contributed by atoms with Gasteiger partial charge in [-0.1, -0.05) is 39.8 Å². The van der Waals surface area contributed by atoms with Crippen molar-refractivity contribution in [2.75, 3.05) is 0 Å². The van der Waals surface area contributed by atoms with Crippen molar-refractivity contribution in [3.8, 4) is 0 Å². The van der Waals surface area contributed by atoms with Crippen LogP contribution in [0.4, 0.5) is 0 Å². The first-order valence-electron chi connectivity index (χ1n) is 9.37. The fourth-order valence-corrected chi connectivity index (χ4v) is 4.06. The van der Waals surface area contributed by atoms with E-state index in [1.165, 1.54) is 46.6 Å².